The van der Waals surface area contributed by atoms with Gasteiger partial charge in [-0.25, -0.2) is 0 Å². The van der Waals surface area contributed by atoms with Crippen LogP contribution in [0.25, 0.3) is 0 Å². The van der Waals surface area contributed by atoms with Gasteiger partial charge >= 0.3 is 0 Å². The molecule has 3 heteroatoms. The molecule has 11 rings (SSSR count). The summed E-state index contributed by atoms with van der Waals surface area (Å²) in [6.45, 7) is 0. The molecule has 0 aromatic heterocycles. The molecule has 9 saturated carbocycles. The van der Waals surface area contributed by atoms with Gasteiger partial charge in [0.15, 0.2) is 0 Å². The van der Waals surface area contributed by atoms with E-state index in [1.165, 1.54) is 44.9 Å². The molecule has 11 fully saturated rings. The van der Waals surface area contributed by atoms with Gasteiger partial charge in [-0.1, -0.05) is 96.3 Å². The Morgan fingerprint density at radius 1 is 0.263 bits per heavy atom. The topological polar surface area (TPSA) is 3.24 Å². The van der Waals surface area contributed by atoms with Crippen LogP contribution < -0.4 is 0 Å². The van der Waals surface area contributed by atoms with Crippen LogP contribution >= 0.6 is 23.5 Å². The van der Waals surface area contributed by atoms with Crippen LogP contribution in [0.2, 0.25) is 0 Å². The van der Waals surface area contributed by atoms with E-state index in [1.807, 2.05) is 0 Å². The summed E-state index contributed by atoms with van der Waals surface area (Å²) in [6.07, 6.45) is 54.9. The van der Waals surface area contributed by atoms with Crippen molar-refractivity contribution in [3.8, 4) is 0 Å². The molecule has 322 valence electrons. The summed E-state index contributed by atoms with van der Waals surface area (Å²) in [7, 11) is 0. The van der Waals surface area contributed by atoms with Crippen LogP contribution in [-0.2, 0) is 0 Å². The molecular weight excluding hydrogens is 727 g/mol. The van der Waals surface area contributed by atoms with Gasteiger partial charge in [-0.05, 0) is 199 Å². The molecule has 0 aromatic carbocycles. The minimum absolute atomic E-state index is 0.924. The Labute approximate surface area is 361 Å². The summed E-state index contributed by atoms with van der Waals surface area (Å²) in [4.78, 5) is 3.38. The highest BCUT2D eigenvalue weighted by atomic mass is 32.2. The fourth-order valence-electron chi connectivity index (χ4n) is 18.9. The highest BCUT2D eigenvalue weighted by Gasteiger charge is 2.59. The fraction of sp³-hybridized carbons (Fsp3) is 1.00. The molecule has 1 nitrogen and oxygen atoms in total. The average Bonchev–Trinajstić information content (AvgIpc) is 3.87. The second-order valence-electron chi connectivity index (χ2n) is 23.9. The Kier molecular flexibility index (Phi) is 13.1. The third kappa shape index (κ3) is 8.32. The van der Waals surface area contributed by atoms with Crippen molar-refractivity contribution in [1.82, 2.24) is 4.90 Å². The summed E-state index contributed by atoms with van der Waals surface area (Å²) < 4.78 is 0. The normalized spacial score (nSPS) is 50.2. The molecule has 0 amide bonds. The smallest absolute Gasteiger partial charge is 0.0123 e. The third-order valence-electron chi connectivity index (χ3n) is 21.6. The summed E-state index contributed by atoms with van der Waals surface area (Å²) in [6, 6.07) is 2.77. The van der Waals surface area contributed by atoms with Crippen molar-refractivity contribution in [3.63, 3.8) is 0 Å². The fourth-order valence-corrected chi connectivity index (χ4v) is 23.6. The van der Waals surface area contributed by atoms with E-state index in [0.29, 0.717) is 0 Å². The molecule has 0 spiro atoms. The second kappa shape index (κ2) is 18.4. The van der Waals surface area contributed by atoms with Crippen LogP contribution in [0.1, 0.15) is 225 Å². The Balaban J connectivity index is 0.727. The van der Waals surface area contributed by atoms with E-state index in [9.17, 15) is 0 Å². The molecule has 0 bridgehead atoms. The zero-order valence-corrected chi connectivity index (χ0v) is 38.6. The average molecular weight is 816 g/mol. The van der Waals surface area contributed by atoms with Crippen molar-refractivity contribution in [2.45, 2.75) is 264 Å². The molecule has 0 N–H and O–H groups in total. The predicted octanol–water partition coefficient (Wildman–Crippen LogP) is 15.5. The van der Waals surface area contributed by atoms with E-state index in [1.54, 1.807) is 180 Å². The van der Waals surface area contributed by atoms with Crippen LogP contribution in [0.3, 0.4) is 0 Å². The standard InChI is InChI=1S/C54H89NS2/c1-3-11-36(12-4-1)38-25-29-43(30-26-38)55(44-31-27-39(28-32-44)37-13-5-2-6-14-37)45-16-9-15-42(35-45)40-21-23-41(24-22-40)46-18-10-19-47-48-33-34-51-52(54(48)57-53(46)47)49-17-7-8-20-50(49)56-51/h36-54H,1-35H2. The lowest BCUT2D eigenvalue weighted by Crippen LogP contribution is -2.54. The van der Waals surface area contributed by atoms with Gasteiger partial charge < -0.3 is 0 Å². The first-order valence-corrected chi connectivity index (χ1v) is 29.2. The first-order chi connectivity index (χ1) is 28.2. The van der Waals surface area contributed by atoms with Crippen LogP contribution in [0, 0.1) is 71.0 Å². The van der Waals surface area contributed by atoms with Crippen LogP contribution in [0.5, 0.6) is 0 Å². The molecule has 11 unspecified atom stereocenters. The molecule has 0 aromatic rings. The molecule has 57 heavy (non-hydrogen) atoms. The van der Waals surface area contributed by atoms with Crippen molar-refractivity contribution in [1.29, 1.82) is 0 Å². The summed E-state index contributed by atoms with van der Waals surface area (Å²) in [5.74, 6) is 13.0. The number of hydrogen-bond acceptors (Lipinski definition) is 3. The van der Waals surface area contributed by atoms with E-state index in [-0.39, 0.29) is 0 Å². The van der Waals surface area contributed by atoms with E-state index in [2.05, 4.69) is 28.4 Å². The quantitative estimate of drug-likeness (QED) is 0.252. The zero-order chi connectivity index (χ0) is 37.7. The molecule has 11 aliphatic rings. The van der Waals surface area contributed by atoms with Crippen molar-refractivity contribution < 1.29 is 0 Å². The number of rotatable bonds is 7. The molecule has 9 aliphatic carbocycles. The lowest BCUT2D eigenvalue weighted by atomic mass is 9.61. The summed E-state index contributed by atoms with van der Waals surface area (Å²) in [5, 5.41) is 4.21. The van der Waals surface area contributed by atoms with Gasteiger partial charge in [0.2, 0.25) is 0 Å². The maximum atomic E-state index is 3.38. The predicted molar refractivity (Wildman–Crippen MR) is 247 cm³/mol. The minimum atomic E-state index is 0.924. The van der Waals surface area contributed by atoms with Gasteiger partial charge in [-0.3, -0.25) is 4.90 Å². The van der Waals surface area contributed by atoms with Gasteiger partial charge in [-0.15, -0.1) is 0 Å². The van der Waals surface area contributed by atoms with Crippen molar-refractivity contribution in [2.75, 3.05) is 0 Å². The lowest BCUT2D eigenvalue weighted by Gasteiger charge is -2.52. The lowest BCUT2D eigenvalue weighted by molar-refractivity contribution is -0.0172. The van der Waals surface area contributed by atoms with Crippen molar-refractivity contribution >= 4 is 23.5 Å². The Morgan fingerprint density at radius 2 is 0.754 bits per heavy atom. The highest BCUT2D eigenvalue weighted by Crippen LogP contribution is 2.66. The second-order valence-corrected chi connectivity index (χ2v) is 26.8. The number of hydrogen-bond donors (Lipinski definition) is 0. The highest BCUT2D eigenvalue weighted by molar-refractivity contribution is 8.02. The zero-order valence-electron chi connectivity index (χ0n) is 37.0. The van der Waals surface area contributed by atoms with Crippen LogP contribution in [-0.4, -0.2) is 44.0 Å². The Hall–Kier alpha value is 0.660. The number of fused-ring (bicyclic) bond motifs is 7. The minimum Gasteiger partial charge on any atom is -0.294 e. The van der Waals surface area contributed by atoms with Gasteiger partial charge in [0.25, 0.3) is 0 Å². The Morgan fingerprint density at radius 3 is 1.44 bits per heavy atom. The van der Waals surface area contributed by atoms with Gasteiger partial charge in [0.05, 0.1) is 0 Å². The summed E-state index contributed by atoms with van der Waals surface area (Å²) >= 11 is 5.18. The Bertz CT molecular complexity index is 1230. The van der Waals surface area contributed by atoms with Crippen LogP contribution in [0.4, 0.5) is 0 Å². The van der Waals surface area contributed by atoms with E-state index < -0.39 is 0 Å². The monoisotopic (exact) mass is 816 g/mol. The molecule has 2 heterocycles. The van der Waals surface area contributed by atoms with E-state index in [0.717, 1.165) is 110 Å². The summed E-state index contributed by atoms with van der Waals surface area (Å²) in [5.41, 5.74) is 0. The molecular formula is C54H89NS2. The van der Waals surface area contributed by atoms with E-state index >= 15 is 0 Å². The molecule has 2 saturated heterocycles. The van der Waals surface area contributed by atoms with Crippen LogP contribution in [0.15, 0.2) is 0 Å². The first-order valence-electron chi connectivity index (χ1n) is 27.3. The molecule has 2 aliphatic heterocycles. The van der Waals surface area contributed by atoms with Gasteiger partial charge in [-0.2, -0.15) is 23.5 Å². The van der Waals surface area contributed by atoms with Gasteiger partial charge in [0.1, 0.15) is 0 Å². The molecule has 11 atom stereocenters. The maximum Gasteiger partial charge on any atom is 0.0123 e. The largest absolute Gasteiger partial charge is 0.294 e. The SMILES string of the molecule is C1CCC(C2CCC(N(C3CCC(C4CCCCC4)CC3)C3CCCC(C4CCC(C5CCCC6C7CCC8SC9CCCCC9C8C7SC56)CC4)C3)CC2)CC1. The third-order valence-corrected chi connectivity index (χ3v) is 25.4. The van der Waals surface area contributed by atoms with E-state index in [4.69, 9.17) is 0 Å². The van der Waals surface area contributed by atoms with Crippen molar-refractivity contribution in [2.24, 2.45) is 71.0 Å². The number of thioether (sulfide) groups is 2. The number of nitrogens with zero attached hydrogens (tertiary/aromatic N) is 1. The maximum absolute atomic E-state index is 3.38. The van der Waals surface area contributed by atoms with Crippen molar-refractivity contribution in [3.05, 3.63) is 0 Å². The van der Waals surface area contributed by atoms with Gasteiger partial charge in [0, 0.05) is 39.1 Å². The molecule has 0 radical (unpaired) electrons. The first kappa shape index (κ1) is 40.4.